The molecule has 2 aromatic heterocycles. The summed E-state index contributed by atoms with van der Waals surface area (Å²) in [5, 5.41) is 11.3. The Bertz CT molecular complexity index is 635. The summed E-state index contributed by atoms with van der Waals surface area (Å²) in [7, 11) is 0. The van der Waals surface area contributed by atoms with Crippen LogP contribution in [0.1, 0.15) is 45.1 Å². The third-order valence-electron chi connectivity index (χ3n) is 4.54. The van der Waals surface area contributed by atoms with Gasteiger partial charge in [-0.25, -0.2) is 4.68 Å². The minimum Gasteiger partial charge on any atom is -0.354 e. The van der Waals surface area contributed by atoms with Crippen molar-refractivity contribution >= 4 is 5.91 Å². The van der Waals surface area contributed by atoms with E-state index >= 15 is 0 Å². The Kier molecular flexibility index (Phi) is 5.00. The average molecular weight is 313 g/mol. The first-order chi connectivity index (χ1) is 11.2. The molecule has 122 valence electrons. The fraction of sp³-hybridized carbons (Fsp3) is 0.529. The summed E-state index contributed by atoms with van der Waals surface area (Å²) in [4.78, 5) is 15.9. The van der Waals surface area contributed by atoms with Crippen molar-refractivity contribution in [3.8, 4) is 11.3 Å². The van der Waals surface area contributed by atoms with Gasteiger partial charge in [0.2, 0.25) is 5.91 Å². The lowest BCUT2D eigenvalue weighted by Gasteiger charge is -2.24. The highest BCUT2D eigenvalue weighted by molar-refractivity contribution is 5.75. The minimum atomic E-state index is 0.0748. The normalized spacial score (nSPS) is 15.9. The Hall–Kier alpha value is -2.24. The zero-order chi connectivity index (χ0) is 16.1. The second kappa shape index (κ2) is 7.35. The lowest BCUT2D eigenvalue weighted by atomic mass is 9.82. The Balaban J connectivity index is 1.47. The summed E-state index contributed by atoms with van der Waals surface area (Å²) in [5.41, 5.74) is 1.80. The Morgan fingerprint density at radius 1 is 1.39 bits per heavy atom. The maximum atomic E-state index is 11.9. The van der Waals surface area contributed by atoms with E-state index in [1.807, 2.05) is 25.3 Å². The van der Waals surface area contributed by atoms with Gasteiger partial charge in [0.25, 0.3) is 0 Å². The van der Waals surface area contributed by atoms with Crippen LogP contribution in [0.3, 0.4) is 0 Å². The molecular formula is C17H23N5O. The third-order valence-corrected chi connectivity index (χ3v) is 4.54. The zero-order valence-electron chi connectivity index (χ0n) is 13.5. The van der Waals surface area contributed by atoms with Crippen LogP contribution in [0.15, 0.2) is 30.7 Å². The number of hydrogen-bond donors (Lipinski definition) is 1. The van der Waals surface area contributed by atoms with Crippen molar-refractivity contribution in [3.63, 3.8) is 0 Å². The van der Waals surface area contributed by atoms with Crippen molar-refractivity contribution in [1.82, 2.24) is 25.3 Å². The van der Waals surface area contributed by atoms with Crippen LogP contribution < -0.4 is 5.32 Å². The maximum absolute atomic E-state index is 11.9. The molecule has 2 heterocycles. The first kappa shape index (κ1) is 15.6. The lowest BCUT2D eigenvalue weighted by Crippen LogP contribution is -2.30. The van der Waals surface area contributed by atoms with E-state index in [0.717, 1.165) is 23.6 Å². The number of nitrogens with one attached hydrogen (secondary N) is 1. The molecule has 1 atom stereocenters. The van der Waals surface area contributed by atoms with Crippen molar-refractivity contribution in [3.05, 3.63) is 30.7 Å². The molecule has 0 aliphatic heterocycles. The van der Waals surface area contributed by atoms with Gasteiger partial charge in [-0.1, -0.05) is 24.5 Å². The predicted molar refractivity (Wildman–Crippen MR) is 87.5 cm³/mol. The first-order valence-electron chi connectivity index (χ1n) is 8.31. The number of carbonyl (C=O) groups excluding carboxylic acids is 1. The molecule has 0 bridgehead atoms. The molecule has 23 heavy (non-hydrogen) atoms. The van der Waals surface area contributed by atoms with Crippen LogP contribution in [0, 0.1) is 5.92 Å². The van der Waals surface area contributed by atoms with Gasteiger partial charge in [0.05, 0.1) is 12.2 Å². The van der Waals surface area contributed by atoms with Crippen molar-refractivity contribution in [2.75, 3.05) is 6.54 Å². The van der Waals surface area contributed by atoms with E-state index in [9.17, 15) is 4.79 Å². The van der Waals surface area contributed by atoms with Crippen molar-refractivity contribution in [2.24, 2.45) is 5.92 Å². The van der Waals surface area contributed by atoms with Crippen molar-refractivity contribution in [2.45, 2.75) is 45.1 Å². The molecule has 6 nitrogen and oxygen atoms in total. The monoisotopic (exact) mass is 313 g/mol. The van der Waals surface area contributed by atoms with Gasteiger partial charge in [-0.05, 0) is 31.4 Å². The highest BCUT2D eigenvalue weighted by Crippen LogP contribution is 2.30. The Labute approximate surface area is 136 Å². The summed E-state index contributed by atoms with van der Waals surface area (Å²) in [6.45, 7) is 2.60. The zero-order valence-corrected chi connectivity index (χ0v) is 13.5. The molecule has 3 rings (SSSR count). The fourth-order valence-corrected chi connectivity index (χ4v) is 2.71. The van der Waals surface area contributed by atoms with E-state index in [0.29, 0.717) is 13.0 Å². The largest absolute Gasteiger partial charge is 0.354 e. The summed E-state index contributed by atoms with van der Waals surface area (Å²) in [6.07, 6.45) is 10.9. The van der Waals surface area contributed by atoms with Crippen LogP contribution in [-0.2, 0) is 4.79 Å². The van der Waals surface area contributed by atoms with Gasteiger partial charge >= 0.3 is 0 Å². The number of nitrogens with zero attached hydrogens (tertiary/aromatic N) is 4. The Morgan fingerprint density at radius 3 is 2.87 bits per heavy atom. The van der Waals surface area contributed by atoms with E-state index in [2.05, 4.69) is 20.6 Å². The molecule has 1 fully saturated rings. The standard InChI is InChI=1S/C17H23N5O/c1-13(11-19-17(23)6-5-14-3-2-4-14)22-12-16(20-21-22)15-7-9-18-10-8-15/h7-10,12-14H,2-6,11H2,1H3,(H,19,23). The van der Waals surface area contributed by atoms with Gasteiger partial charge in [0, 0.05) is 30.9 Å². The maximum Gasteiger partial charge on any atom is 0.220 e. The first-order valence-corrected chi connectivity index (χ1v) is 8.31. The molecule has 0 aromatic carbocycles. The second-order valence-corrected chi connectivity index (χ2v) is 6.31. The van der Waals surface area contributed by atoms with Crippen LogP contribution in [0.2, 0.25) is 0 Å². The summed E-state index contributed by atoms with van der Waals surface area (Å²) in [6, 6.07) is 3.88. The Morgan fingerprint density at radius 2 is 2.17 bits per heavy atom. The molecule has 6 heteroatoms. The number of rotatable bonds is 7. The van der Waals surface area contributed by atoms with Gasteiger partial charge in [-0.3, -0.25) is 9.78 Å². The quantitative estimate of drug-likeness (QED) is 0.853. The molecule has 0 radical (unpaired) electrons. The van der Waals surface area contributed by atoms with E-state index < -0.39 is 0 Å². The van der Waals surface area contributed by atoms with Crippen molar-refractivity contribution in [1.29, 1.82) is 0 Å². The number of carbonyl (C=O) groups is 1. The van der Waals surface area contributed by atoms with Gasteiger partial charge in [-0.2, -0.15) is 0 Å². The molecule has 0 saturated heterocycles. The molecular weight excluding hydrogens is 290 g/mol. The number of amides is 1. The molecule has 1 unspecified atom stereocenters. The highest BCUT2D eigenvalue weighted by Gasteiger charge is 2.18. The fourth-order valence-electron chi connectivity index (χ4n) is 2.71. The van der Waals surface area contributed by atoms with E-state index in [4.69, 9.17) is 0 Å². The minimum absolute atomic E-state index is 0.0748. The molecule has 1 aliphatic rings. The van der Waals surface area contributed by atoms with E-state index in [-0.39, 0.29) is 11.9 Å². The molecule has 1 saturated carbocycles. The number of aromatic nitrogens is 4. The average Bonchev–Trinajstić information content (AvgIpc) is 3.02. The highest BCUT2D eigenvalue weighted by atomic mass is 16.1. The molecule has 1 N–H and O–H groups in total. The summed E-state index contributed by atoms with van der Waals surface area (Å²) >= 11 is 0. The molecule has 0 spiro atoms. The topological polar surface area (TPSA) is 72.7 Å². The lowest BCUT2D eigenvalue weighted by molar-refractivity contribution is -0.121. The van der Waals surface area contributed by atoms with Gasteiger partial charge < -0.3 is 5.32 Å². The van der Waals surface area contributed by atoms with Crippen LogP contribution in [0.4, 0.5) is 0 Å². The summed E-state index contributed by atoms with van der Waals surface area (Å²) < 4.78 is 1.79. The number of hydrogen-bond acceptors (Lipinski definition) is 4. The van der Waals surface area contributed by atoms with E-state index in [1.54, 1.807) is 17.1 Å². The number of pyridine rings is 1. The van der Waals surface area contributed by atoms with Crippen LogP contribution in [-0.4, -0.2) is 32.4 Å². The predicted octanol–water partition coefficient (Wildman–Crippen LogP) is 2.60. The van der Waals surface area contributed by atoms with Crippen LogP contribution >= 0.6 is 0 Å². The van der Waals surface area contributed by atoms with Crippen LogP contribution in [0.25, 0.3) is 11.3 Å². The molecule has 1 amide bonds. The van der Waals surface area contributed by atoms with Gasteiger partial charge in [0.1, 0.15) is 5.69 Å². The van der Waals surface area contributed by atoms with Gasteiger partial charge in [0.15, 0.2) is 0 Å². The van der Waals surface area contributed by atoms with E-state index in [1.165, 1.54) is 19.3 Å². The molecule has 2 aromatic rings. The summed E-state index contributed by atoms with van der Waals surface area (Å²) in [5.74, 6) is 0.912. The van der Waals surface area contributed by atoms with Crippen LogP contribution in [0.5, 0.6) is 0 Å². The van der Waals surface area contributed by atoms with Gasteiger partial charge in [-0.15, -0.1) is 5.10 Å². The van der Waals surface area contributed by atoms with Crippen molar-refractivity contribution < 1.29 is 4.79 Å². The molecule has 1 aliphatic carbocycles. The smallest absolute Gasteiger partial charge is 0.220 e. The third kappa shape index (κ3) is 4.15. The SMILES string of the molecule is CC(CNC(=O)CCC1CCC1)n1cc(-c2ccncc2)nn1. The second-order valence-electron chi connectivity index (χ2n) is 6.31.